The summed E-state index contributed by atoms with van der Waals surface area (Å²) >= 11 is 0. The smallest absolute Gasteiger partial charge is 0.255 e. The molecule has 0 aliphatic carbocycles. The third-order valence-electron chi connectivity index (χ3n) is 2.58. The van der Waals surface area contributed by atoms with Gasteiger partial charge in [-0.1, -0.05) is 12.1 Å². The Morgan fingerprint density at radius 1 is 1.23 bits per heavy atom. The normalized spacial score (nSPS) is 12.7. The summed E-state index contributed by atoms with van der Waals surface area (Å²) in [7, 11) is -2.09. The van der Waals surface area contributed by atoms with E-state index in [9.17, 15) is 18.0 Å². The second-order valence-corrected chi connectivity index (χ2v) is 6.32. The van der Waals surface area contributed by atoms with Crippen LogP contribution >= 0.6 is 0 Å². The van der Waals surface area contributed by atoms with Crippen LogP contribution in [0.1, 0.15) is 12.5 Å². The monoisotopic (exact) mass is 326 g/mol. The van der Waals surface area contributed by atoms with Gasteiger partial charge in [0.2, 0.25) is 15.9 Å². The number of carbonyl (C=O) groups excluding carboxylic acids is 2. The summed E-state index contributed by atoms with van der Waals surface area (Å²) in [5.74, 6) is -0.603. The van der Waals surface area contributed by atoms with Gasteiger partial charge in [0, 0.05) is 6.08 Å². The molecule has 0 heterocycles. The van der Waals surface area contributed by atoms with Gasteiger partial charge in [0.15, 0.2) is 0 Å². The van der Waals surface area contributed by atoms with Crippen LogP contribution in [0.3, 0.4) is 0 Å². The SMILES string of the molecule is COc1ccc(/C=C/C(=O)NC(C)C(=O)NS(C)(=O)=O)cc1. The minimum Gasteiger partial charge on any atom is -0.497 e. The molecule has 1 rings (SSSR count). The highest BCUT2D eigenvalue weighted by Crippen LogP contribution is 2.12. The zero-order chi connectivity index (χ0) is 16.8. The number of hydrogen-bond donors (Lipinski definition) is 2. The Morgan fingerprint density at radius 3 is 2.32 bits per heavy atom. The Hall–Kier alpha value is -2.35. The van der Waals surface area contributed by atoms with E-state index in [4.69, 9.17) is 4.74 Å². The van der Waals surface area contributed by atoms with E-state index in [0.29, 0.717) is 5.75 Å². The van der Waals surface area contributed by atoms with Crippen LogP contribution in [0.5, 0.6) is 5.75 Å². The van der Waals surface area contributed by atoms with Crippen molar-refractivity contribution in [3.05, 3.63) is 35.9 Å². The molecular formula is C14H18N2O5S. The first kappa shape index (κ1) is 17.7. The van der Waals surface area contributed by atoms with E-state index in [1.165, 1.54) is 13.0 Å². The molecule has 0 spiro atoms. The molecule has 0 aromatic heterocycles. The van der Waals surface area contributed by atoms with Gasteiger partial charge in [-0.05, 0) is 30.7 Å². The fraction of sp³-hybridized carbons (Fsp3) is 0.286. The second kappa shape index (κ2) is 7.60. The zero-order valence-electron chi connectivity index (χ0n) is 12.5. The van der Waals surface area contributed by atoms with Gasteiger partial charge in [-0.25, -0.2) is 8.42 Å². The van der Waals surface area contributed by atoms with Crippen LogP contribution in [-0.4, -0.2) is 39.6 Å². The first-order valence-corrected chi connectivity index (χ1v) is 8.24. The number of hydrogen-bond acceptors (Lipinski definition) is 5. The van der Waals surface area contributed by atoms with Gasteiger partial charge in [0.1, 0.15) is 11.8 Å². The summed E-state index contributed by atoms with van der Waals surface area (Å²) in [6.07, 6.45) is 3.69. The molecule has 1 atom stereocenters. The van der Waals surface area contributed by atoms with Gasteiger partial charge in [-0.15, -0.1) is 0 Å². The number of rotatable bonds is 6. The fourth-order valence-electron chi connectivity index (χ4n) is 1.49. The number of ether oxygens (including phenoxy) is 1. The summed E-state index contributed by atoms with van der Waals surface area (Å²) < 4.78 is 28.7. The number of carbonyl (C=O) groups is 2. The van der Waals surface area contributed by atoms with Crippen LogP contribution in [0.2, 0.25) is 0 Å². The Labute approximate surface area is 129 Å². The Balaban J connectivity index is 2.57. The number of benzene rings is 1. The first-order valence-electron chi connectivity index (χ1n) is 6.35. The molecule has 0 bridgehead atoms. The molecule has 2 amide bonds. The van der Waals surface area contributed by atoms with Crippen molar-refractivity contribution in [2.24, 2.45) is 0 Å². The van der Waals surface area contributed by atoms with Gasteiger partial charge >= 0.3 is 0 Å². The van der Waals surface area contributed by atoms with Crippen molar-refractivity contribution in [2.75, 3.05) is 13.4 Å². The van der Waals surface area contributed by atoms with E-state index in [1.807, 2.05) is 0 Å². The van der Waals surface area contributed by atoms with Gasteiger partial charge in [-0.2, -0.15) is 0 Å². The molecule has 8 heteroatoms. The Morgan fingerprint density at radius 2 is 1.82 bits per heavy atom. The van der Waals surface area contributed by atoms with E-state index in [0.717, 1.165) is 11.8 Å². The van der Waals surface area contributed by atoms with Crippen molar-refractivity contribution >= 4 is 27.9 Å². The molecule has 0 radical (unpaired) electrons. The molecule has 1 aromatic carbocycles. The van der Waals surface area contributed by atoms with E-state index in [2.05, 4.69) is 5.32 Å². The predicted molar refractivity (Wildman–Crippen MR) is 82.6 cm³/mol. The third-order valence-corrected chi connectivity index (χ3v) is 3.15. The maximum Gasteiger partial charge on any atom is 0.255 e. The molecule has 2 N–H and O–H groups in total. The lowest BCUT2D eigenvalue weighted by molar-refractivity contribution is -0.125. The lowest BCUT2D eigenvalue weighted by atomic mass is 10.2. The minimum absolute atomic E-state index is 0.507. The van der Waals surface area contributed by atoms with Crippen molar-refractivity contribution in [1.29, 1.82) is 0 Å². The number of methoxy groups -OCH3 is 1. The summed E-state index contributed by atoms with van der Waals surface area (Å²) in [6.45, 7) is 1.39. The maximum absolute atomic E-state index is 11.7. The molecule has 7 nitrogen and oxygen atoms in total. The quantitative estimate of drug-likeness (QED) is 0.732. The highest BCUT2D eigenvalue weighted by atomic mass is 32.2. The largest absolute Gasteiger partial charge is 0.497 e. The van der Waals surface area contributed by atoms with Crippen molar-refractivity contribution in [3.8, 4) is 5.75 Å². The van der Waals surface area contributed by atoms with E-state index in [1.54, 1.807) is 42.2 Å². The summed E-state index contributed by atoms with van der Waals surface area (Å²) in [5.41, 5.74) is 0.782. The fourth-order valence-corrected chi connectivity index (χ4v) is 2.03. The molecule has 0 fully saturated rings. The van der Waals surface area contributed by atoms with Crippen LogP contribution in [-0.2, 0) is 19.6 Å². The van der Waals surface area contributed by atoms with Gasteiger partial charge in [0.05, 0.1) is 13.4 Å². The number of nitrogens with one attached hydrogen (secondary N) is 2. The highest BCUT2D eigenvalue weighted by Gasteiger charge is 2.17. The molecular weight excluding hydrogens is 308 g/mol. The van der Waals surface area contributed by atoms with Crippen LogP contribution in [0.15, 0.2) is 30.3 Å². The third kappa shape index (κ3) is 6.40. The molecule has 0 aliphatic heterocycles. The average Bonchev–Trinajstić information content (AvgIpc) is 2.43. The van der Waals surface area contributed by atoms with E-state index < -0.39 is 27.9 Å². The second-order valence-electron chi connectivity index (χ2n) is 4.58. The molecule has 120 valence electrons. The molecule has 0 aliphatic rings. The summed E-state index contributed by atoms with van der Waals surface area (Å²) in [4.78, 5) is 23.2. The minimum atomic E-state index is -3.65. The Kier molecular flexibility index (Phi) is 6.11. The first-order chi connectivity index (χ1) is 10.2. The van der Waals surface area contributed by atoms with Crippen LogP contribution in [0.4, 0.5) is 0 Å². The molecule has 0 saturated carbocycles. The summed E-state index contributed by atoms with van der Waals surface area (Å²) in [5, 5.41) is 2.37. The van der Waals surface area contributed by atoms with Crippen LogP contribution in [0, 0.1) is 0 Å². The summed E-state index contributed by atoms with van der Waals surface area (Å²) in [6, 6.07) is 6.06. The topological polar surface area (TPSA) is 102 Å². The highest BCUT2D eigenvalue weighted by molar-refractivity contribution is 7.89. The maximum atomic E-state index is 11.7. The van der Waals surface area contributed by atoms with Gasteiger partial charge < -0.3 is 10.1 Å². The number of amides is 2. The predicted octanol–water partition coefficient (Wildman–Crippen LogP) is 0.289. The lowest BCUT2D eigenvalue weighted by Gasteiger charge is -2.11. The standard InChI is InChI=1S/C14H18N2O5S/c1-10(14(18)16-22(3,19)20)15-13(17)9-6-11-4-7-12(21-2)8-5-11/h4-10H,1-3H3,(H,15,17)(H,16,18)/b9-6+. The van der Waals surface area contributed by atoms with Crippen LogP contribution in [0.25, 0.3) is 6.08 Å². The zero-order valence-corrected chi connectivity index (χ0v) is 13.3. The molecule has 1 unspecified atom stereocenters. The van der Waals surface area contributed by atoms with Gasteiger partial charge in [0.25, 0.3) is 5.91 Å². The van der Waals surface area contributed by atoms with E-state index in [-0.39, 0.29) is 0 Å². The lowest BCUT2D eigenvalue weighted by Crippen LogP contribution is -2.45. The average molecular weight is 326 g/mol. The van der Waals surface area contributed by atoms with Crippen molar-refractivity contribution in [1.82, 2.24) is 10.0 Å². The molecule has 22 heavy (non-hydrogen) atoms. The van der Waals surface area contributed by atoms with Crippen molar-refractivity contribution < 1.29 is 22.7 Å². The van der Waals surface area contributed by atoms with Crippen LogP contribution < -0.4 is 14.8 Å². The van der Waals surface area contributed by atoms with Gasteiger partial charge in [-0.3, -0.25) is 14.3 Å². The van der Waals surface area contributed by atoms with E-state index >= 15 is 0 Å². The van der Waals surface area contributed by atoms with Crippen molar-refractivity contribution in [2.45, 2.75) is 13.0 Å². The Bertz CT molecular complexity index is 665. The van der Waals surface area contributed by atoms with Crippen molar-refractivity contribution in [3.63, 3.8) is 0 Å². The molecule has 0 saturated heterocycles. The molecule has 1 aromatic rings. The number of sulfonamides is 1.